The Kier molecular flexibility index (Phi) is 3.88. The highest BCUT2D eigenvalue weighted by atomic mass is 16.6. The maximum Gasteiger partial charge on any atom is 0.270 e. The van der Waals surface area contributed by atoms with Crippen molar-refractivity contribution in [2.24, 2.45) is 0 Å². The number of nitro groups is 1. The van der Waals surface area contributed by atoms with Gasteiger partial charge in [0, 0.05) is 49.1 Å². The number of nitro benzene ring substituents is 1. The Morgan fingerprint density at radius 2 is 2.05 bits per heavy atom. The highest BCUT2D eigenvalue weighted by Crippen LogP contribution is 2.28. The molecular formula is C15H19N3O3. The van der Waals surface area contributed by atoms with Crippen LogP contribution in [0, 0.1) is 10.1 Å². The fraction of sp³-hybridized carbons (Fsp3) is 0.533. The summed E-state index contributed by atoms with van der Waals surface area (Å²) in [5.41, 5.74) is 1.21. The van der Waals surface area contributed by atoms with E-state index >= 15 is 0 Å². The SMILES string of the molecule is O=Cc1cc([N+](=O)[O-])ccc1N1CCCN2CCCC2C1. The second-order valence-electron chi connectivity index (χ2n) is 5.75. The quantitative estimate of drug-likeness (QED) is 0.484. The summed E-state index contributed by atoms with van der Waals surface area (Å²) in [7, 11) is 0. The molecule has 1 unspecified atom stereocenters. The number of rotatable bonds is 3. The van der Waals surface area contributed by atoms with Crippen LogP contribution in [0.15, 0.2) is 18.2 Å². The second-order valence-corrected chi connectivity index (χ2v) is 5.75. The zero-order chi connectivity index (χ0) is 14.8. The van der Waals surface area contributed by atoms with Crippen LogP contribution in [0.1, 0.15) is 29.6 Å². The molecule has 6 nitrogen and oxygen atoms in total. The van der Waals surface area contributed by atoms with Crippen LogP contribution >= 0.6 is 0 Å². The van der Waals surface area contributed by atoms with Gasteiger partial charge in [-0.1, -0.05) is 0 Å². The Balaban J connectivity index is 1.88. The lowest BCUT2D eigenvalue weighted by Crippen LogP contribution is -2.37. The Labute approximate surface area is 123 Å². The van der Waals surface area contributed by atoms with Gasteiger partial charge in [-0.3, -0.25) is 19.8 Å². The molecule has 0 saturated carbocycles. The van der Waals surface area contributed by atoms with Crippen molar-refractivity contribution in [3.8, 4) is 0 Å². The van der Waals surface area contributed by atoms with Gasteiger partial charge in [-0.2, -0.15) is 0 Å². The standard InChI is InChI=1S/C15H19N3O3/c19-11-12-9-13(18(20)21)4-5-15(12)17-8-2-7-16-6-1-3-14(16)10-17/h4-5,9,11,14H,1-3,6-8,10H2. The summed E-state index contributed by atoms with van der Waals surface area (Å²) in [5.74, 6) is 0. The lowest BCUT2D eigenvalue weighted by molar-refractivity contribution is -0.384. The average molecular weight is 289 g/mol. The molecule has 0 radical (unpaired) electrons. The fourth-order valence-corrected chi connectivity index (χ4v) is 3.46. The van der Waals surface area contributed by atoms with E-state index in [2.05, 4.69) is 9.80 Å². The van der Waals surface area contributed by atoms with Gasteiger partial charge < -0.3 is 4.90 Å². The predicted octanol–water partition coefficient (Wildman–Crippen LogP) is 2.08. The molecule has 1 aromatic rings. The molecule has 2 aliphatic heterocycles. The first-order valence-electron chi connectivity index (χ1n) is 7.41. The van der Waals surface area contributed by atoms with E-state index in [0.717, 1.165) is 38.0 Å². The molecule has 0 aromatic heterocycles. The molecule has 1 aromatic carbocycles. The topological polar surface area (TPSA) is 66.7 Å². The van der Waals surface area contributed by atoms with Gasteiger partial charge in [-0.15, -0.1) is 0 Å². The summed E-state index contributed by atoms with van der Waals surface area (Å²) in [5, 5.41) is 10.8. The number of non-ortho nitro benzene ring substituents is 1. The first-order chi connectivity index (χ1) is 10.2. The Morgan fingerprint density at radius 1 is 1.24 bits per heavy atom. The molecule has 112 valence electrons. The van der Waals surface area contributed by atoms with Crippen molar-refractivity contribution in [3.63, 3.8) is 0 Å². The van der Waals surface area contributed by atoms with E-state index in [1.807, 2.05) is 0 Å². The van der Waals surface area contributed by atoms with E-state index in [-0.39, 0.29) is 5.69 Å². The Hall–Kier alpha value is -1.95. The summed E-state index contributed by atoms with van der Waals surface area (Å²) in [6.07, 6.45) is 4.21. The largest absolute Gasteiger partial charge is 0.369 e. The molecule has 0 bridgehead atoms. The van der Waals surface area contributed by atoms with Crippen molar-refractivity contribution < 1.29 is 9.72 Å². The van der Waals surface area contributed by atoms with Crippen molar-refractivity contribution >= 4 is 17.7 Å². The molecule has 6 heteroatoms. The van der Waals surface area contributed by atoms with Crippen LogP contribution in [0.2, 0.25) is 0 Å². The summed E-state index contributed by atoms with van der Waals surface area (Å²) in [6, 6.07) is 5.12. The number of fused-ring (bicyclic) bond motifs is 1. The minimum Gasteiger partial charge on any atom is -0.369 e. The monoisotopic (exact) mass is 289 g/mol. The molecule has 21 heavy (non-hydrogen) atoms. The third-order valence-electron chi connectivity index (χ3n) is 4.49. The molecule has 0 N–H and O–H groups in total. The molecule has 3 rings (SSSR count). The van der Waals surface area contributed by atoms with Gasteiger partial charge in [0.1, 0.15) is 0 Å². The van der Waals surface area contributed by atoms with E-state index in [1.54, 1.807) is 6.07 Å². The number of benzene rings is 1. The molecule has 2 aliphatic rings. The van der Waals surface area contributed by atoms with Crippen LogP contribution in [0.3, 0.4) is 0 Å². The zero-order valence-corrected chi connectivity index (χ0v) is 11.9. The van der Waals surface area contributed by atoms with E-state index in [0.29, 0.717) is 11.6 Å². The van der Waals surface area contributed by atoms with Gasteiger partial charge in [-0.25, -0.2) is 0 Å². The number of carbonyl (C=O) groups is 1. The van der Waals surface area contributed by atoms with Gasteiger partial charge >= 0.3 is 0 Å². The highest BCUT2D eigenvalue weighted by molar-refractivity contribution is 5.86. The first kappa shape index (κ1) is 14.0. The average Bonchev–Trinajstić information content (AvgIpc) is 2.83. The molecular weight excluding hydrogens is 270 g/mol. The van der Waals surface area contributed by atoms with Gasteiger partial charge in [0.25, 0.3) is 5.69 Å². The van der Waals surface area contributed by atoms with E-state index in [1.165, 1.54) is 31.5 Å². The number of carbonyl (C=O) groups excluding carboxylic acids is 1. The van der Waals surface area contributed by atoms with E-state index in [4.69, 9.17) is 0 Å². The molecule has 2 fully saturated rings. The van der Waals surface area contributed by atoms with Crippen LogP contribution in [0.4, 0.5) is 11.4 Å². The number of aldehydes is 1. The maximum absolute atomic E-state index is 11.3. The van der Waals surface area contributed by atoms with Crippen molar-refractivity contribution in [3.05, 3.63) is 33.9 Å². The van der Waals surface area contributed by atoms with Crippen molar-refractivity contribution in [1.82, 2.24) is 4.90 Å². The third kappa shape index (κ3) is 2.76. The van der Waals surface area contributed by atoms with Gasteiger partial charge in [0.15, 0.2) is 6.29 Å². The van der Waals surface area contributed by atoms with Crippen molar-refractivity contribution in [2.45, 2.75) is 25.3 Å². The Bertz CT molecular complexity index is 561. The number of anilines is 1. The van der Waals surface area contributed by atoms with Crippen LogP contribution in [0.5, 0.6) is 0 Å². The van der Waals surface area contributed by atoms with Crippen LogP contribution in [0.25, 0.3) is 0 Å². The minimum absolute atomic E-state index is 0.0295. The third-order valence-corrected chi connectivity index (χ3v) is 4.49. The predicted molar refractivity (Wildman–Crippen MR) is 79.9 cm³/mol. The normalized spacial score (nSPS) is 22.7. The van der Waals surface area contributed by atoms with Gasteiger partial charge in [0.2, 0.25) is 0 Å². The van der Waals surface area contributed by atoms with Crippen LogP contribution in [-0.4, -0.2) is 48.3 Å². The number of hydrogen-bond acceptors (Lipinski definition) is 5. The summed E-state index contributed by atoms with van der Waals surface area (Å²) in [4.78, 5) is 26.4. The van der Waals surface area contributed by atoms with Crippen LogP contribution < -0.4 is 4.90 Å². The Morgan fingerprint density at radius 3 is 2.81 bits per heavy atom. The zero-order valence-electron chi connectivity index (χ0n) is 11.9. The minimum atomic E-state index is -0.460. The summed E-state index contributed by atoms with van der Waals surface area (Å²) in [6.45, 7) is 4.06. The van der Waals surface area contributed by atoms with E-state index in [9.17, 15) is 14.9 Å². The summed E-state index contributed by atoms with van der Waals surface area (Å²) < 4.78 is 0. The second kappa shape index (κ2) is 5.81. The van der Waals surface area contributed by atoms with Crippen molar-refractivity contribution in [1.29, 1.82) is 0 Å². The lowest BCUT2D eigenvalue weighted by atomic mass is 10.1. The number of nitrogens with zero attached hydrogens (tertiary/aromatic N) is 3. The van der Waals surface area contributed by atoms with Gasteiger partial charge in [0.05, 0.1) is 4.92 Å². The van der Waals surface area contributed by atoms with E-state index < -0.39 is 4.92 Å². The fourth-order valence-electron chi connectivity index (χ4n) is 3.46. The maximum atomic E-state index is 11.3. The molecule has 2 saturated heterocycles. The molecule has 0 aliphatic carbocycles. The van der Waals surface area contributed by atoms with Crippen molar-refractivity contribution in [2.75, 3.05) is 31.1 Å². The van der Waals surface area contributed by atoms with Crippen LogP contribution in [-0.2, 0) is 0 Å². The molecule has 0 amide bonds. The van der Waals surface area contributed by atoms with Gasteiger partial charge in [-0.05, 0) is 31.9 Å². The summed E-state index contributed by atoms with van der Waals surface area (Å²) >= 11 is 0. The molecule has 0 spiro atoms. The number of hydrogen-bond donors (Lipinski definition) is 0. The molecule has 2 heterocycles. The smallest absolute Gasteiger partial charge is 0.270 e. The first-order valence-corrected chi connectivity index (χ1v) is 7.41. The lowest BCUT2D eigenvalue weighted by Gasteiger charge is -2.28. The molecule has 1 atom stereocenters. The highest BCUT2D eigenvalue weighted by Gasteiger charge is 2.29.